The van der Waals surface area contributed by atoms with Crippen molar-refractivity contribution in [2.24, 2.45) is 0 Å². The number of rotatable bonds is 5. The number of carbonyl (C=O) groups is 2. The highest BCUT2D eigenvalue weighted by atomic mass is 16.6. The molecule has 0 saturated carbocycles. The number of hydrogen-bond acceptors (Lipinski definition) is 6. The number of hydrogen-bond donors (Lipinski definition) is 1. The molecule has 7 heteroatoms. The average Bonchev–Trinajstić information content (AvgIpc) is 2.56. The van der Waals surface area contributed by atoms with Gasteiger partial charge >= 0.3 is 17.7 Å². The minimum atomic E-state index is -0.869. The molecule has 0 fully saturated rings. The fourth-order valence-electron chi connectivity index (χ4n) is 2.79. The second-order valence-corrected chi connectivity index (χ2v) is 7.61. The molecule has 0 spiro atoms. The van der Waals surface area contributed by atoms with Crippen molar-refractivity contribution in [3.05, 3.63) is 39.7 Å². The van der Waals surface area contributed by atoms with E-state index in [2.05, 4.69) is 5.32 Å². The lowest BCUT2D eigenvalue weighted by Gasteiger charge is -2.22. The molecule has 0 aliphatic heterocycles. The lowest BCUT2D eigenvalue weighted by atomic mass is 10.0. The van der Waals surface area contributed by atoms with Crippen LogP contribution in [0.2, 0.25) is 0 Å². The molecule has 1 amide bonds. The van der Waals surface area contributed by atoms with Gasteiger partial charge in [0.1, 0.15) is 23.0 Å². The highest BCUT2D eigenvalue weighted by molar-refractivity contribution is 5.91. The number of benzene rings is 1. The molecule has 0 unspecified atom stereocenters. The highest BCUT2D eigenvalue weighted by Gasteiger charge is 2.25. The molecule has 1 aromatic heterocycles. The topological polar surface area (TPSA) is 94.8 Å². The van der Waals surface area contributed by atoms with E-state index >= 15 is 0 Å². The Morgan fingerprint density at radius 3 is 2.43 bits per heavy atom. The van der Waals surface area contributed by atoms with E-state index in [1.54, 1.807) is 39.8 Å². The lowest BCUT2D eigenvalue weighted by molar-refractivity contribution is -0.136. The number of amides is 1. The molecule has 7 nitrogen and oxygen atoms in total. The predicted molar refractivity (Wildman–Crippen MR) is 106 cm³/mol. The van der Waals surface area contributed by atoms with Gasteiger partial charge in [0.2, 0.25) is 0 Å². The largest absolute Gasteiger partial charge is 0.444 e. The number of carbonyl (C=O) groups excluding carboxylic acids is 2. The molecule has 1 N–H and O–H groups in total. The molecular weight excluding hydrogens is 362 g/mol. The Bertz CT molecular complexity index is 938. The van der Waals surface area contributed by atoms with Gasteiger partial charge < -0.3 is 19.2 Å². The minimum Gasteiger partial charge on any atom is -0.444 e. The molecule has 1 atom stereocenters. The summed E-state index contributed by atoms with van der Waals surface area (Å²) in [6, 6.07) is 3.96. The van der Waals surface area contributed by atoms with Crippen LogP contribution in [0.1, 0.15) is 52.2 Å². The first-order valence-corrected chi connectivity index (χ1v) is 9.32. The second-order valence-electron chi connectivity index (χ2n) is 7.61. The summed E-state index contributed by atoms with van der Waals surface area (Å²) in [5, 5.41) is 3.11. The average molecular weight is 389 g/mol. The zero-order chi connectivity index (χ0) is 21.1. The normalized spacial score (nSPS) is 12.5. The zero-order valence-corrected chi connectivity index (χ0v) is 17.2. The Morgan fingerprint density at radius 1 is 1.18 bits per heavy atom. The van der Waals surface area contributed by atoms with Crippen LogP contribution < -0.4 is 15.7 Å². The van der Waals surface area contributed by atoms with Crippen LogP contribution >= 0.6 is 0 Å². The standard InChI is InChI=1S/C21H27NO6/c1-7-13-11-17(23)26-15-9-12(3)10-16(18(13)15)27-19(24)14(8-2)22-20(25)28-21(4,5)6/h9-11,14H,7-8H2,1-6H3,(H,22,25)/t14-/m0/s1. The molecule has 2 aromatic rings. The fourth-order valence-corrected chi connectivity index (χ4v) is 2.79. The third kappa shape index (κ3) is 5.34. The van der Waals surface area contributed by atoms with Crippen LogP contribution in [0.25, 0.3) is 11.0 Å². The molecule has 0 radical (unpaired) electrons. The van der Waals surface area contributed by atoms with E-state index in [0.717, 1.165) is 11.1 Å². The van der Waals surface area contributed by atoms with Crippen LogP contribution in [0.15, 0.2) is 27.4 Å². The van der Waals surface area contributed by atoms with E-state index in [1.165, 1.54) is 6.07 Å². The number of ether oxygens (including phenoxy) is 2. The molecule has 152 valence electrons. The van der Waals surface area contributed by atoms with E-state index in [1.807, 2.05) is 13.8 Å². The van der Waals surface area contributed by atoms with Crippen molar-refractivity contribution in [3.63, 3.8) is 0 Å². The zero-order valence-electron chi connectivity index (χ0n) is 17.2. The number of alkyl carbamates (subject to hydrolysis) is 1. The van der Waals surface area contributed by atoms with Gasteiger partial charge in [0, 0.05) is 6.07 Å². The molecule has 2 rings (SSSR count). The molecule has 1 aromatic carbocycles. The highest BCUT2D eigenvalue weighted by Crippen LogP contribution is 2.30. The van der Waals surface area contributed by atoms with Gasteiger partial charge in [0.15, 0.2) is 0 Å². The van der Waals surface area contributed by atoms with E-state index in [0.29, 0.717) is 29.6 Å². The van der Waals surface area contributed by atoms with Crippen molar-refractivity contribution in [1.29, 1.82) is 0 Å². The summed E-state index contributed by atoms with van der Waals surface area (Å²) >= 11 is 0. The number of aryl methyl sites for hydroxylation is 2. The van der Waals surface area contributed by atoms with E-state index < -0.39 is 29.3 Å². The molecule has 0 bridgehead atoms. The fraction of sp³-hybridized carbons (Fsp3) is 0.476. The van der Waals surface area contributed by atoms with Crippen LogP contribution in [-0.4, -0.2) is 23.7 Å². The van der Waals surface area contributed by atoms with Crippen LogP contribution in [0.5, 0.6) is 5.75 Å². The summed E-state index contributed by atoms with van der Waals surface area (Å²) in [6.45, 7) is 10.7. The van der Waals surface area contributed by atoms with E-state index in [-0.39, 0.29) is 0 Å². The number of esters is 1. The number of fused-ring (bicyclic) bond motifs is 1. The quantitative estimate of drug-likeness (QED) is 0.474. The maximum Gasteiger partial charge on any atom is 0.408 e. The Balaban J connectivity index is 2.33. The minimum absolute atomic E-state index is 0.296. The monoisotopic (exact) mass is 389 g/mol. The summed E-state index contributed by atoms with van der Waals surface area (Å²) in [4.78, 5) is 36.4. The third-order valence-corrected chi connectivity index (χ3v) is 4.01. The van der Waals surface area contributed by atoms with Gasteiger partial charge in [-0.25, -0.2) is 14.4 Å². The van der Waals surface area contributed by atoms with Crippen LogP contribution in [0, 0.1) is 6.92 Å². The summed E-state index contributed by atoms with van der Waals surface area (Å²) in [6.07, 6.45) is 0.214. The maximum absolute atomic E-state index is 12.7. The second kappa shape index (κ2) is 8.46. The molecule has 0 aliphatic rings. The Kier molecular flexibility index (Phi) is 6.48. The first-order chi connectivity index (χ1) is 13.0. The molecule has 1 heterocycles. The summed E-state index contributed by atoms with van der Waals surface area (Å²) in [5.41, 5.74) is 0.736. The summed E-state index contributed by atoms with van der Waals surface area (Å²) < 4.78 is 16.1. The van der Waals surface area contributed by atoms with Gasteiger partial charge in [-0.05, 0) is 63.8 Å². The molecule has 0 aliphatic carbocycles. The first-order valence-electron chi connectivity index (χ1n) is 9.32. The Morgan fingerprint density at radius 2 is 1.86 bits per heavy atom. The van der Waals surface area contributed by atoms with Crippen molar-refractivity contribution in [1.82, 2.24) is 5.32 Å². The van der Waals surface area contributed by atoms with Gasteiger partial charge in [-0.15, -0.1) is 0 Å². The third-order valence-electron chi connectivity index (χ3n) is 4.01. The summed E-state index contributed by atoms with van der Waals surface area (Å²) in [7, 11) is 0. The van der Waals surface area contributed by atoms with Gasteiger partial charge in [0.25, 0.3) is 0 Å². The van der Waals surface area contributed by atoms with Gasteiger partial charge in [-0.3, -0.25) is 0 Å². The molecule has 0 saturated heterocycles. The van der Waals surface area contributed by atoms with Gasteiger partial charge in [-0.1, -0.05) is 13.8 Å². The van der Waals surface area contributed by atoms with Crippen LogP contribution in [-0.2, 0) is 16.0 Å². The molecule has 28 heavy (non-hydrogen) atoms. The van der Waals surface area contributed by atoms with Gasteiger partial charge in [0.05, 0.1) is 5.39 Å². The lowest BCUT2D eigenvalue weighted by Crippen LogP contribution is -2.44. The Labute approximate surface area is 164 Å². The van der Waals surface area contributed by atoms with Crippen LogP contribution in [0.4, 0.5) is 4.79 Å². The predicted octanol–water partition coefficient (Wildman–Crippen LogP) is 3.87. The first kappa shape index (κ1) is 21.5. The Hall–Kier alpha value is -2.83. The van der Waals surface area contributed by atoms with Crippen molar-refractivity contribution in [3.8, 4) is 5.75 Å². The van der Waals surface area contributed by atoms with Crippen molar-refractivity contribution < 1.29 is 23.5 Å². The van der Waals surface area contributed by atoms with E-state index in [9.17, 15) is 14.4 Å². The molecular formula is C21H27NO6. The van der Waals surface area contributed by atoms with Crippen LogP contribution in [0.3, 0.4) is 0 Å². The van der Waals surface area contributed by atoms with Crippen molar-refractivity contribution in [2.45, 2.75) is 66.0 Å². The van der Waals surface area contributed by atoms with Gasteiger partial charge in [-0.2, -0.15) is 0 Å². The van der Waals surface area contributed by atoms with Crippen molar-refractivity contribution in [2.75, 3.05) is 0 Å². The summed E-state index contributed by atoms with van der Waals surface area (Å²) in [5.74, 6) is -0.321. The number of nitrogens with one attached hydrogen (secondary N) is 1. The SMILES string of the molecule is CCc1cc(=O)oc2cc(C)cc(OC(=O)[C@H](CC)NC(=O)OC(C)(C)C)c12. The van der Waals surface area contributed by atoms with Crippen molar-refractivity contribution >= 4 is 23.0 Å². The van der Waals surface area contributed by atoms with E-state index in [4.69, 9.17) is 13.9 Å². The maximum atomic E-state index is 12.7. The smallest absolute Gasteiger partial charge is 0.408 e.